The van der Waals surface area contributed by atoms with Gasteiger partial charge < -0.3 is 5.32 Å². The highest BCUT2D eigenvalue weighted by atomic mass is 32.2. The number of anilines is 1. The first-order valence-electron chi connectivity index (χ1n) is 9.59. The second-order valence-corrected chi connectivity index (χ2v) is 7.68. The number of thioether (sulfide) groups is 1. The predicted molar refractivity (Wildman–Crippen MR) is 120 cm³/mol. The first kappa shape index (κ1) is 20.5. The molecule has 0 unspecified atom stereocenters. The van der Waals surface area contributed by atoms with Crippen LogP contribution in [0, 0.1) is 6.92 Å². The molecule has 154 valence electrons. The van der Waals surface area contributed by atoms with Crippen molar-refractivity contribution in [3.05, 3.63) is 95.6 Å². The molecule has 1 amide bonds. The Morgan fingerprint density at radius 2 is 1.65 bits per heavy atom. The zero-order chi connectivity index (χ0) is 21.6. The molecule has 0 radical (unpaired) electrons. The van der Waals surface area contributed by atoms with E-state index in [9.17, 15) is 9.59 Å². The fourth-order valence-electron chi connectivity index (χ4n) is 3.07. The summed E-state index contributed by atoms with van der Waals surface area (Å²) in [6.45, 7) is 1.97. The van der Waals surface area contributed by atoms with Crippen molar-refractivity contribution in [3.63, 3.8) is 0 Å². The van der Waals surface area contributed by atoms with Crippen molar-refractivity contribution in [1.29, 1.82) is 0 Å². The van der Waals surface area contributed by atoms with E-state index in [0.29, 0.717) is 22.0 Å². The molecule has 0 saturated heterocycles. The first-order chi connectivity index (χ1) is 15.1. The van der Waals surface area contributed by atoms with Crippen molar-refractivity contribution in [2.45, 2.75) is 12.1 Å². The molecule has 0 aliphatic heterocycles. The van der Waals surface area contributed by atoms with Gasteiger partial charge in [-0.25, -0.2) is 0 Å². The molecule has 0 bridgehead atoms. The zero-order valence-corrected chi connectivity index (χ0v) is 17.5. The van der Waals surface area contributed by atoms with Crippen LogP contribution >= 0.6 is 11.8 Å². The number of carbonyl (C=O) groups is 2. The second-order valence-electron chi connectivity index (χ2n) is 6.74. The van der Waals surface area contributed by atoms with Gasteiger partial charge in [-0.15, -0.1) is 5.10 Å². The van der Waals surface area contributed by atoms with Gasteiger partial charge in [0.2, 0.25) is 11.1 Å². The molecular formula is C23H19N5O2S. The number of aromatic nitrogens is 4. The summed E-state index contributed by atoms with van der Waals surface area (Å²) in [6, 6.07) is 23.7. The van der Waals surface area contributed by atoms with Gasteiger partial charge in [-0.2, -0.15) is 4.68 Å². The summed E-state index contributed by atoms with van der Waals surface area (Å²) in [5.41, 5.74) is 3.36. The zero-order valence-electron chi connectivity index (χ0n) is 16.7. The molecule has 3 aromatic carbocycles. The van der Waals surface area contributed by atoms with Crippen molar-refractivity contribution in [3.8, 4) is 5.69 Å². The van der Waals surface area contributed by atoms with Crippen LogP contribution < -0.4 is 5.32 Å². The van der Waals surface area contributed by atoms with Gasteiger partial charge in [-0.1, -0.05) is 72.4 Å². The molecule has 7 nitrogen and oxygen atoms in total. The molecule has 0 fully saturated rings. The Labute approximate surface area is 183 Å². The normalized spacial score (nSPS) is 10.6. The summed E-state index contributed by atoms with van der Waals surface area (Å²) in [6.07, 6.45) is 0. The highest BCUT2D eigenvalue weighted by molar-refractivity contribution is 7.99. The van der Waals surface area contributed by atoms with Gasteiger partial charge in [0.1, 0.15) is 0 Å². The summed E-state index contributed by atoms with van der Waals surface area (Å²) < 4.78 is 1.61. The lowest BCUT2D eigenvalue weighted by molar-refractivity contribution is -0.113. The van der Waals surface area contributed by atoms with E-state index in [4.69, 9.17) is 0 Å². The summed E-state index contributed by atoms with van der Waals surface area (Å²) in [4.78, 5) is 25.5. The number of hydrogen-bond acceptors (Lipinski definition) is 6. The van der Waals surface area contributed by atoms with Gasteiger partial charge in [0.05, 0.1) is 17.1 Å². The molecule has 4 aromatic rings. The minimum atomic E-state index is -0.252. The van der Waals surface area contributed by atoms with Crippen LogP contribution in [-0.4, -0.2) is 37.7 Å². The van der Waals surface area contributed by atoms with Crippen LogP contribution in [0.25, 0.3) is 5.69 Å². The number of carbonyl (C=O) groups excluding carboxylic acids is 2. The maximum Gasteiger partial charge on any atom is 0.234 e. The van der Waals surface area contributed by atoms with E-state index in [1.54, 1.807) is 41.1 Å². The Hall–Kier alpha value is -3.78. The van der Waals surface area contributed by atoms with Crippen LogP contribution in [0.15, 0.2) is 84.0 Å². The molecule has 4 rings (SSSR count). The van der Waals surface area contributed by atoms with Crippen LogP contribution in [0.5, 0.6) is 0 Å². The van der Waals surface area contributed by atoms with E-state index < -0.39 is 0 Å². The molecule has 0 aliphatic rings. The number of amides is 1. The number of aryl methyl sites for hydroxylation is 1. The van der Waals surface area contributed by atoms with Gasteiger partial charge in [0, 0.05) is 11.1 Å². The molecule has 0 saturated carbocycles. The predicted octanol–water partition coefficient (Wildman–Crippen LogP) is 3.93. The standard InChI is InChI=1S/C23H19N5O2S/c1-16-9-5-8-14-20(16)28-23(25-26-27-28)31-15-21(29)24-19-13-7-6-12-18(19)22(30)17-10-3-2-4-11-17/h2-14H,15H2,1H3,(H,24,29). The lowest BCUT2D eigenvalue weighted by atomic mass is 10.0. The average Bonchev–Trinajstić information content (AvgIpc) is 3.27. The molecule has 1 aromatic heterocycles. The van der Waals surface area contributed by atoms with Gasteiger partial charge in [0.25, 0.3) is 0 Å². The van der Waals surface area contributed by atoms with E-state index in [1.165, 1.54) is 11.8 Å². The van der Waals surface area contributed by atoms with Crippen LogP contribution in [-0.2, 0) is 4.79 Å². The molecule has 0 aliphatic carbocycles. The van der Waals surface area contributed by atoms with Crippen LogP contribution in [0.4, 0.5) is 5.69 Å². The van der Waals surface area contributed by atoms with Crippen molar-refractivity contribution >= 4 is 29.1 Å². The van der Waals surface area contributed by atoms with E-state index >= 15 is 0 Å². The quantitative estimate of drug-likeness (QED) is 0.354. The topological polar surface area (TPSA) is 89.8 Å². The smallest absolute Gasteiger partial charge is 0.234 e. The molecule has 1 N–H and O–H groups in total. The molecule has 8 heteroatoms. The number of nitrogens with zero attached hydrogens (tertiary/aromatic N) is 4. The summed E-state index contributed by atoms with van der Waals surface area (Å²) in [5, 5.41) is 15.2. The van der Waals surface area contributed by atoms with Crippen LogP contribution in [0.3, 0.4) is 0 Å². The molecular weight excluding hydrogens is 410 g/mol. The van der Waals surface area contributed by atoms with Gasteiger partial charge in [0.15, 0.2) is 5.78 Å². The van der Waals surface area contributed by atoms with Crippen molar-refractivity contribution in [2.24, 2.45) is 0 Å². The van der Waals surface area contributed by atoms with Crippen molar-refractivity contribution < 1.29 is 9.59 Å². The second kappa shape index (κ2) is 9.36. The maximum atomic E-state index is 12.8. The number of nitrogens with one attached hydrogen (secondary N) is 1. The van der Waals surface area contributed by atoms with Crippen LogP contribution in [0.2, 0.25) is 0 Å². The third-order valence-electron chi connectivity index (χ3n) is 4.60. The number of hydrogen-bond donors (Lipinski definition) is 1. The van der Waals surface area contributed by atoms with Gasteiger partial charge in [-0.05, 0) is 41.1 Å². The Kier molecular flexibility index (Phi) is 6.18. The monoisotopic (exact) mass is 429 g/mol. The maximum absolute atomic E-state index is 12.8. The number of tetrazole rings is 1. The minimum absolute atomic E-state index is 0.0973. The fraction of sp³-hybridized carbons (Fsp3) is 0.0870. The van der Waals surface area contributed by atoms with E-state index in [2.05, 4.69) is 20.8 Å². The fourth-order valence-corrected chi connectivity index (χ4v) is 3.76. The lowest BCUT2D eigenvalue weighted by Crippen LogP contribution is -2.17. The minimum Gasteiger partial charge on any atom is -0.325 e. The molecule has 1 heterocycles. The van der Waals surface area contributed by atoms with E-state index in [0.717, 1.165) is 11.3 Å². The largest absolute Gasteiger partial charge is 0.325 e. The lowest BCUT2D eigenvalue weighted by Gasteiger charge is -2.11. The summed E-state index contributed by atoms with van der Waals surface area (Å²) in [7, 11) is 0. The third kappa shape index (κ3) is 4.70. The number of benzene rings is 3. The first-order valence-corrected chi connectivity index (χ1v) is 10.6. The SMILES string of the molecule is Cc1ccccc1-n1nnnc1SCC(=O)Nc1ccccc1C(=O)c1ccccc1. The van der Waals surface area contributed by atoms with Crippen molar-refractivity contribution in [1.82, 2.24) is 20.2 Å². The average molecular weight is 430 g/mol. The summed E-state index contributed by atoms with van der Waals surface area (Å²) >= 11 is 1.23. The Bertz CT molecular complexity index is 1220. The van der Waals surface area contributed by atoms with E-state index in [1.807, 2.05) is 49.4 Å². The molecule has 31 heavy (non-hydrogen) atoms. The summed E-state index contributed by atoms with van der Waals surface area (Å²) in [5.74, 6) is -0.301. The van der Waals surface area contributed by atoms with Crippen LogP contribution in [0.1, 0.15) is 21.5 Å². The molecule has 0 atom stereocenters. The third-order valence-corrected chi connectivity index (χ3v) is 5.52. The number of ketones is 1. The van der Waals surface area contributed by atoms with Gasteiger partial charge in [-0.3, -0.25) is 9.59 Å². The highest BCUT2D eigenvalue weighted by Gasteiger charge is 2.16. The number of para-hydroxylation sites is 2. The van der Waals surface area contributed by atoms with Gasteiger partial charge >= 0.3 is 0 Å². The Balaban J connectivity index is 1.46. The van der Waals surface area contributed by atoms with E-state index in [-0.39, 0.29) is 17.4 Å². The number of rotatable bonds is 7. The Morgan fingerprint density at radius 1 is 0.935 bits per heavy atom. The highest BCUT2D eigenvalue weighted by Crippen LogP contribution is 2.22. The Morgan fingerprint density at radius 3 is 2.45 bits per heavy atom. The van der Waals surface area contributed by atoms with Crippen molar-refractivity contribution in [2.75, 3.05) is 11.1 Å². The molecule has 0 spiro atoms.